The monoisotopic (exact) mass is 343 g/mol. The fraction of sp³-hybridized carbons (Fsp3) is 0.278. The molecule has 1 saturated heterocycles. The van der Waals surface area contributed by atoms with Crippen LogP contribution in [0.1, 0.15) is 17.3 Å². The van der Waals surface area contributed by atoms with E-state index in [9.17, 15) is 14.0 Å². The van der Waals surface area contributed by atoms with E-state index in [1.807, 2.05) is 13.0 Å². The van der Waals surface area contributed by atoms with Gasteiger partial charge in [-0.1, -0.05) is 18.2 Å². The van der Waals surface area contributed by atoms with Crippen LogP contribution in [0.3, 0.4) is 0 Å². The van der Waals surface area contributed by atoms with Gasteiger partial charge in [0.1, 0.15) is 18.2 Å². The summed E-state index contributed by atoms with van der Waals surface area (Å²) in [6.45, 7) is 1.61. The van der Waals surface area contributed by atoms with Crippen molar-refractivity contribution in [3.05, 3.63) is 59.5 Å². The zero-order valence-electron chi connectivity index (χ0n) is 13.9. The average Bonchev–Trinajstić information content (AvgIpc) is 2.57. The van der Waals surface area contributed by atoms with Gasteiger partial charge in [0.25, 0.3) is 5.91 Å². The lowest BCUT2D eigenvalue weighted by Gasteiger charge is -2.38. The lowest BCUT2D eigenvalue weighted by Crippen LogP contribution is -2.51. The van der Waals surface area contributed by atoms with E-state index in [1.165, 1.54) is 23.1 Å². The Morgan fingerprint density at radius 2 is 2.08 bits per heavy atom. The highest BCUT2D eigenvalue weighted by Crippen LogP contribution is 2.30. The van der Waals surface area contributed by atoms with Crippen LogP contribution >= 0.6 is 0 Å². The number of halogens is 1. The van der Waals surface area contributed by atoms with Crippen LogP contribution in [0, 0.1) is 12.7 Å². The number of anilines is 1. The molecular weight excluding hydrogens is 325 g/mol. The molecule has 0 unspecified atom stereocenters. The lowest BCUT2D eigenvalue weighted by atomic mass is 9.97. The Morgan fingerprint density at radius 1 is 1.32 bits per heavy atom. The Balaban J connectivity index is 1.89. The Morgan fingerprint density at radius 3 is 2.80 bits per heavy atom. The maximum atomic E-state index is 13.6. The van der Waals surface area contributed by atoms with Crippen molar-refractivity contribution >= 4 is 17.6 Å². The second-order valence-corrected chi connectivity index (χ2v) is 5.89. The first-order chi connectivity index (χ1) is 12.0. The number of hydrogen-bond donors (Lipinski definition) is 1. The van der Waals surface area contributed by atoms with Crippen LogP contribution in [0.15, 0.2) is 42.5 Å². The minimum absolute atomic E-state index is 0.207. The van der Waals surface area contributed by atoms with E-state index in [-0.39, 0.29) is 12.5 Å². The van der Waals surface area contributed by atoms with Crippen LogP contribution < -0.4 is 5.32 Å². The molecule has 7 heteroatoms. The zero-order valence-corrected chi connectivity index (χ0v) is 13.9. The van der Waals surface area contributed by atoms with E-state index in [2.05, 4.69) is 10.3 Å². The van der Waals surface area contributed by atoms with Crippen molar-refractivity contribution in [2.45, 2.75) is 19.1 Å². The first kappa shape index (κ1) is 17.0. The molecule has 0 bridgehead atoms. The lowest BCUT2D eigenvalue weighted by molar-refractivity contribution is -0.160. The molecule has 0 saturated carbocycles. The fourth-order valence-corrected chi connectivity index (χ4v) is 2.83. The van der Waals surface area contributed by atoms with Gasteiger partial charge in [0.05, 0.1) is 6.04 Å². The normalized spacial score (nSPS) is 20.4. The maximum Gasteiger partial charge on any atom is 0.257 e. The van der Waals surface area contributed by atoms with E-state index in [0.717, 1.165) is 5.69 Å². The summed E-state index contributed by atoms with van der Waals surface area (Å²) in [6, 6.07) is 10.3. The number of likely N-dealkylation sites (N-methyl/N-ethyl adjacent to an activating group) is 1. The fourth-order valence-electron chi connectivity index (χ4n) is 2.83. The molecule has 1 aliphatic rings. The van der Waals surface area contributed by atoms with Crippen LogP contribution in [0.5, 0.6) is 0 Å². The van der Waals surface area contributed by atoms with Crippen molar-refractivity contribution in [3.63, 3.8) is 0 Å². The molecule has 0 radical (unpaired) electrons. The summed E-state index contributed by atoms with van der Waals surface area (Å²) in [5, 5.41) is 2.70. The van der Waals surface area contributed by atoms with Crippen molar-refractivity contribution in [3.8, 4) is 0 Å². The molecule has 3 rings (SSSR count). The Hall–Kier alpha value is -2.80. The topological polar surface area (TPSA) is 71.5 Å². The van der Waals surface area contributed by atoms with Gasteiger partial charge in [-0.2, -0.15) is 0 Å². The average molecular weight is 343 g/mol. The van der Waals surface area contributed by atoms with E-state index >= 15 is 0 Å². The number of aryl methyl sites for hydroxylation is 1. The minimum Gasteiger partial charge on any atom is -0.356 e. The quantitative estimate of drug-likeness (QED) is 0.926. The molecule has 0 spiro atoms. The molecule has 1 N–H and O–H groups in total. The Labute approximate surface area is 144 Å². The van der Waals surface area contributed by atoms with Gasteiger partial charge in [0.2, 0.25) is 5.91 Å². The molecule has 2 heterocycles. The summed E-state index contributed by atoms with van der Waals surface area (Å²) >= 11 is 0. The number of benzene rings is 1. The van der Waals surface area contributed by atoms with Gasteiger partial charge in [0.15, 0.2) is 6.10 Å². The minimum atomic E-state index is -0.966. The highest BCUT2D eigenvalue weighted by Gasteiger charge is 2.40. The molecule has 1 fully saturated rings. The van der Waals surface area contributed by atoms with Gasteiger partial charge >= 0.3 is 0 Å². The van der Waals surface area contributed by atoms with E-state index in [1.54, 1.807) is 25.2 Å². The third-order valence-electron chi connectivity index (χ3n) is 4.07. The van der Waals surface area contributed by atoms with Crippen LogP contribution in [0.25, 0.3) is 0 Å². The second kappa shape index (κ2) is 6.98. The van der Waals surface area contributed by atoms with Gasteiger partial charge in [-0.25, -0.2) is 9.37 Å². The smallest absolute Gasteiger partial charge is 0.257 e. The van der Waals surface area contributed by atoms with E-state index in [4.69, 9.17) is 4.74 Å². The summed E-state index contributed by atoms with van der Waals surface area (Å²) in [5.74, 6) is -0.756. The number of pyridine rings is 1. The molecule has 2 amide bonds. The summed E-state index contributed by atoms with van der Waals surface area (Å²) < 4.78 is 19.1. The predicted molar refractivity (Wildman–Crippen MR) is 89.3 cm³/mol. The van der Waals surface area contributed by atoms with Crippen molar-refractivity contribution in [1.82, 2.24) is 9.88 Å². The van der Waals surface area contributed by atoms with Crippen molar-refractivity contribution in [2.75, 3.05) is 19.0 Å². The molecule has 25 heavy (non-hydrogen) atoms. The van der Waals surface area contributed by atoms with Crippen molar-refractivity contribution < 1.29 is 18.7 Å². The van der Waals surface area contributed by atoms with Crippen molar-refractivity contribution in [1.29, 1.82) is 0 Å². The molecule has 2 atom stereocenters. The van der Waals surface area contributed by atoms with Crippen LogP contribution in [0.2, 0.25) is 0 Å². The summed E-state index contributed by atoms with van der Waals surface area (Å²) in [5.41, 5.74) is 1.25. The number of amides is 2. The standard InChI is InChI=1S/C18H18FN3O3/c1-11-5-3-8-14(20-11)21-18(24)17-16(22(2)15(23)10-25-17)12-6-4-7-13(19)9-12/h3-9,16-17H,10H2,1-2H3,(H,20,21,24)/t16-,17-/m0/s1. The number of ether oxygens (including phenoxy) is 1. The van der Waals surface area contributed by atoms with Gasteiger partial charge in [-0.05, 0) is 36.8 Å². The number of carbonyl (C=O) groups excluding carboxylic acids is 2. The van der Waals surface area contributed by atoms with Gasteiger partial charge < -0.3 is 15.0 Å². The molecule has 6 nitrogen and oxygen atoms in total. The number of hydrogen-bond acceptors (Lipinski definition) is 4. The second-order valence-electron chi connectivity index (χ2n) is 5.89. The first-order valence-electron chi connectivity index (χ1n) is 7.83. The molecule has 130 valence electrons. The number of carbonyl (C=O) groups is 2. The number of aromatic nitrogens is 1. The van der Waals surface area contributed by atoms with Gasteiger partial charge in [-0.3, -0.25) is 9.59 Å². The SMILES string of the molecule is Cc1cccc(NC(=O)[C@H]2OCC(=O)N(C)[C@H]2c2cccc(F)c2)n1. The highest BCUT2D eigenvalue weighted by atomic mass is 19.1. The number of morpholine rings is 1. The molecule has 1 aromatic heterocycles. The molecule has 1 aromatic carbocycles. The third kappa shape index (κ3) is 3.66. The summed E-state index contributed by atoms with van der Waals surface area (Å²) in [4.78, 5) is 30.3. The summed E-state index contributed by atoms with van der Waals surface area (Å²) in [7, 11) is 1.58. The Bertz CT molecular complexity index is 812. The molecule has 2 aromatic rings. The zero-order chi connectivity index (χ0) is 18.0. The largest absolute Gasteiger partial charge is 0.356 e. The van der Waals surface area contributed by atoms with Crippen molar-refractivity contribution in [2.24, 2.45) is 0 Å². The Kier molecular flexibility index (Phi) is 4.76. The molecular formula is C18H18FN3O3. The van der Waals surface area contributed by atoms with E-state index < -0.39 is 23.9 Å². The van der Waals surface area contributed by atoms with Crippen LogP contribution in [-0.4, -0.2) is 41.5 Å². The number of nitrogens with zero attached hydrogens (tertiary/aromatic N) is 2. The first-order valence-corrected chi connectivity index (χ1v) is 7.83. The van der Waals surface area contributed by atoms with Crippen LogP contribution in [-0.2, 0) is 14.3 Å². The number of rotatable bonds is 3. The maximum absolute atomic E-state index is 13.6. The molecule has 1 aliphatic heterocycles. The summed E-state index contributed by atoms with van der Waals surface area (Å²) in [6.07, 6.45) is -0.966. The molecule has 0 aliphatic carbocycles. The van der Waals surface area contributed by atoms with E-state index in [0.29, 0.717) is 11.4 Å². The van der Waals surface area contributed by atoms with Gasteiger partial charge in [-0.15, -0.1) is 0 Å². The third-order valence-corrected chi connectivity index (χ3v) is 4.07. The number of nitrogens with one attached hydrogen (secondary N) is 1. The highest BCUT2D eigenvalue weighted by molar-refractivity contribution is 5.95. The van der Waals surface area contributed by atoms with Crippen LogP contribution in [0.4, 0.5) is 10.2 Å². The van der Waals surface area contributed by atoms with Gasteiger partial charge in [0, 0.05) is 12.7 Å². The predicted octanol–water partition coefficient (Wildman–Crippen LogP) is 2.07.